The van der Waals surface area contributed by atoms with Crippen LogP contribution in [0.3, 0.4) is 0 Å². The van der Waals surface area contributed by atoms with Crippen molar-refractivity contribution in [3.05, 3.63) is 35.4 Å². The number of nitrogens with one attached hydrogen (secondary N) is 2. The molecule has 3 nitrogen and oxygen atoms in total. The van der Waals surface area contributed by atoms with Gasteiger partial charge in [-0.1, -0.05) is 31.2 Å². The van der Waals surface area contributed by atoms with E-state index in [0.29, 0.717) is 5.92 Å². The van der Waals surface area contributed by atoms with E-state index in [0.717, 1.165) is 6.42 Å². The second kappa shape index (κ2) is 6.40. The zero-order valence-electron chi connectivity index (χ0n) is 12.9. The molecule has 0 fully saturated rings. The SMILES string of the molecule is CC(C)NC(=O)C(C)NC1CCC(C)c2ccccc21. The number of carbonyl (C=O) groups is 1. The molecule has 2 N–H and O–H groups in total. The molecule has 3 atom stereocenters. The molecule has 1 aliphatic rings. The minimum Gasteiger partial charge on any atom is -0.353 e. The van der Waals surface area contributed by atoms with Crippen molar-refractivity contribution in [2.45, 2.75) is 64.6 Å². The fraction of sp³-hybridized carbons (Fsp3) is 0.588. The van der Waals surface area contributed by atoms with E-state index in [1.165, 1.54) is 17.5 Å². The Hall–Kier alpha value is -1.35. The Morgan fingerprint density at radius 2 is 1.80 bits per heavy atom. The topological polar surface area (TPSA) is 41.1 Å². The molecule has 20 heavy (non-hydrogen) atoms. The van der Waals surface area contributed by atoms with Crippen LogP contribution in [0.1, 0.15) is 63.6 Å². The highest BCUT2D eigenvalue weighted by Crippen LogP contribution is 2.37. The Morgan fingerprint density at radius 3 is 2.45 bits per heavy atom. The molecule has 0 aromatic heterocycles. The monoisotopic (exact) mass is 274 g/mol. The predicted octanol–water partition coefficient (Wildman–Crippen LogP) is 3.13. The van der Waals surface area contributed by atoms with Gasteiger partial charge in [0.1, 0.15) is 0 Å². The zero-order valence-corrected chi connectivity index (χ0v) is 12.9. The van der Waals surface area contributed by atoms with Gasteiger partial charge in [-0.15, -0.1) is 0 Å². The molecule has 0 saturated carbocycles. The maximum atomic E-state index is 12.0. The quantitative estimate of drug-likeness (QED) is 0.885. The van der Waals surface area contributed by atoms with E-state index in [1.807, 2.05) is 20.8 Å². The third kappa shape index (κ3) is 3.40. The summed E-state index contributed by atoms with van der Waals surface area (Å²) in [6.45, 7) is 8.20. The van der Waals surface area contributed by atoms with Crippen LogP contribution in [-0.2, 0) is 4.79 Å². The van der Waals surface area contributed by atoms with Gasteiger partial charge in [-0.2, -0.15) is 0 Å². The molecule has 0 aliphatic heterocycles. The van der Waals surface area contributed by atoms with Gasteiger partial charge in [0.15, 0.2) is 0 Å². The van der Waals surface area contributed by atoms with Crippen molar-refractivity contribution in [3.8, 4) is 0 Å². The molecule has 3 heteroatoms. The Morgan fingerprint density at radius 1 is 1.15 bits per heavy atom. The summed E-state index contributed by atoms with van der Waals surface area (Å²) in [6, 6.07) is 8.91. The first-order valence-corrected chi connectivity index (χ1v) is 7.64. The molecule has 0 heterocycles. The summed E-state index contributed by atoms with van der Waals surface area (Å²) in [6.07, 6.45) is 2.27. The number of hydrogen-bond acceptors (Lipinski definition) is 2. The number of hydrogen-bond donors (Lipinski definition) is 2. The van der Waals surface area contributed by atoms with Gasteiger partial charge >= 0.3 is 0 Å². The van der Waals surface area contributed by atoms with Crippen molar-refractivity contribution in [2.75, 3.05) is 0 Å². The first-order valence-electron chi connectivity index (χ1n) is 7.64. The molecule has 2 rings (SSSR count). The van der Waals surface area contributed by atoms with Gasteiger partial charge in [0, 0.05) is 12.1 Å². The van der Waals surface area contributed by atoms with Gasteiger partial charge in [0.25, 0.3) is 0 Å². The van der Waals surface area contributed by atoms with E-state index < -0.39 is 0 Å². The van der Waals surface area contributed by atoms with Crippen molar-refractivity contribution in [1.82, 2.24) is 10.6 Å². The molecule has 0 radical (unpaired) electrons. The van der Waals surface area contributed by atoms with Crippen molar-refractivity contribution >= 4 is 5.91 Å². The van der Waals surface area contributed by atoms with Crippen LogP contribution in [0.4, 0.5) is 0 Å². The standard InChI is InChI=1S/C17H26N2O/c1-11(2)18-17(20)13(4)19-16-10-9-12(3)14-7-5-6-8-15(14)16/h5-8,11-13,16,19H,9-10H2,1-4H3,(H,18,20). The lowest BCUT2D eigenvalue weighted by molar-refractivity contribution is -0.123. The first kappa shape index (κ1) is 15.0. The number of amides is 1. The summed E-state index contributed by atoms with van der Waals surface area (Å²) in [5.74, 6) is 0.695. The van der Waals surface area contributed by atoms with Crippen LogP contribution in [0.25, 0.3) is 0 Å². The van der Waals surface area contributed by atoms with Crippen LogP contribution in [0.2, 0.25) is 0 Å². The van der Waals surface area contributed by atoms with Crippen LogP contribution < -0.4 is 10.6 Å². The Bertz CT molecular complexity index is 470. The smallest absolute Gasteiger partial charge is 0.237 e. The molecule has 1 amide bonds. The molecule has 0 bridgehead atoms. The molecule has 110 valence electrons. The molecule has 3 unspecified atom stereocenters. The van der Waals surface area contributed by atoms with Crippen molar-refractivity contribution in [2.24, 2.45) is 0 Å². The van der Waals surface area contributed by atoms with Gasteiger partial charge < -0.3 is 5.32 Å². The number of benzene rings is 1. The van der Waals surface area contributed by atoms with E-state index in [9.17, 15) is 4.79 Å². The summed E-state index contributed by atoms with van der Waals surface area (Å²) in [5.41, 5.74) is 2.78. The third-order valence-electron chi connectivity index (χ3n) is 4.07. The summed E-state index contributed by atoms with van der Waals surface area (Å²) >= 11 is 0. The van der Waals surface area contributed by atoms with Crippen LogP contribution in [0.5, 0.6) is 0 Å². The largest absolute Gasteiger partial charge is 0.353 e. The molecule has 0 saturated heterocycles. The Labute approximate surface area is 122 Å². The average Bonchev–Trinajstić information content (AvgIpc) is 2.41. The maximum Gasteiger partial charge on any atom is 0.237 e. The van der Waals surface area contributed by atoms with E-state index in [-0.39, 0.29) is 24.0 Å². The molecule has 1 aliphatic carbocycles. The van der Waals surface area contributed by atoms with Crippen molar-refractivity contribution in [3.63, 3.8) is 0 Å². The molecular formula is C17H26N2O. The van der Waals surface area contributed by atoms with Gasteiger partial charge in [0.05, 0.1) is 6.04 Å². The van der Waals surface area contributed by atoms with E-state index >= 15 is 0 Å². The van der Waals surface area contributed by atoms with Crippen LogP contribution in [0, 0.1) is 0 Å². The van der Waals surface area contributed by atoms with E-state index in [1.54, 1.807) is 0 Å². The number of carbonyl (C=O) groups excluding carboxylic acids is 1. The predicted molar refractivity (Wildman–Crippen MR) is 82.7 cm³/mol. The Balaban J connectivity index is 2.07. The lowest BCUT2D eigenvalue weighted by Crippen LogP contribution is -2.46. The van der Waals surface area contributed by atoms with Crippen molar-refractivity contribution < 1.29 is 4.79 Å². The second-order valence-electron chi connectivity index (χ2n) is 6.21. The van der Waals surface area contributed by atoms with Crippen LogP contribution >= 0.6 is 0 Å². The van der Waals surface area contributed by atoms with E-state index in [2.05, 4.69) is 41.8 Å². The molecule has 0 spiro atoms. The van der Waals surface area contributed by atoms with Gasteiger partial charge in [0.2, 0.25) is 5.91 Å². The highest BCUT2D eigenvalue weighted by molar-refractivity contribution is 5.81. The minimum atomic E-state index is -0.163. The summed E-state index contributed by atoms with van der Waals surface area (Å²) in [5, 5.41) is 6.45. The Kier molecular flexibility index (Phi) is 4.81. The van der Waals surface area contributed by atoms with Gasteiger partial charge in [-0.05, 0) is 50.7 Å². The third-order valence-corrected chi connectivity index (χ3v) is 4.07. The first-order chi connectivity index (χ1) is 9.49. The normalized spacial score (nSPS) is 23.2. The van der Waals surface area contributed by atoms with Crippen molar-refractivity contribution in [1.29, 1.82) is 0 Å². The minimum absolute atomic E-state index is 0.0797. The molecule has 1 aromatic rings. The lowest BCUT2D eigenvalue weighted by atomic mass is 9.81. The zero-order chi connectivity index (χ0) is 14.7. The summed E-state index contributed by atoms with van der Waals surface area (Å²) in [4.78, 5) is 12.0. The second-order valence-corrected chi connectivity index (χ2v) is 6.21. The highest BCUT2D eigenvalue weighted by Gasteiger charge is 2.26. The fourth-order valence-corrected chi connectivity index (χ4v) is 2.96. The van der Waals surface area contributed by atoms with E-state index in [4.69, 9.17) is 0 Å². The summed E-state index contributed by atoms with van der Waals surface area (Å²) in [7, 11) is 0. The lowest BCUT2D eigenvalue weighted by Gasteiger charge is -2.32. The maximum absolute atomic E-state index is 12.0. The molecule has 1 aromatic carbocycles. The van der Waals surface area contributed by atoms with Crippen LogP contribution in [-0.4, -0.2) is 18.0 Å². The number of rotatable bonds is 4. The molecular weight excluding hydrogens is 248 g/mol. The number of fused-ring (bicyclic) bond motifs is 1. The van der Waals surface area contributed by atoms with Crippen LogP contribution in [0.15, 0.2) is 24.3 Å². The van der Waals surface area contributed by atoms with Gasteiger partial charge in [-0.3, -0.25) is 10.1 Å². The fourth-order valence-electron chi connectivity index (χ4n) is 2.96. The average molecular weight is 274 g/mol. The summed E-state index contributed by atoms with van der Waals surface area (Å²) < 4.78 is 0. The van der Waals surface area contributed by atoms with Gasteiger partial charge in [-0.25, -0.2) is 0 Å². The highest BCUT2D eigenvalue weighted by atomic mass is 16.2.